The first-order chi connectivity index (χ1) is 7.33. The van der Waals surface area contributed by atoms with Gasteiger partial charge >= 0.3 is 0 Å². The molecule has 0 aromatic rings. The summed E-state index contributed by atoms with van der Waals surface area (Å²) in [6, 6.07) is 2.00. The van der Waals surface area contributed by atoms with E-state index in [-0.39, 0.29) is 18.0 Å². The summed E-state index contributed by atoms with van der Waals surface area (Å²) in [5.74, 6) is 0.121. The van der Waals surface area contributed by atoms with Crippen LogP contribution in [0.3, 0.4) is 0 Å². The van der Waals surface area contributed by atoms with E-state index in [0.29, 0.717) is 0 Å². The van der Waals surface area contributed by atoms with Crippen LogP contribution in [0.2, 0.25) is 0 Å². The number of carbonyl (C=O) groups is 1. The van der Waals surface area contributed by atoms with Gasteiger partial charge in [-0.15, -0.1) is 0 Å². The lowest BCUT2D eigenvalue weighted by Gasteiger charge is -2.31. The number of nitrogens with zero attached hydrogens (tertiary/aromatic N) is 2. The molecule has 4 heteroatoms. The average molecular weight is 209 g/mol. The summed E-state index contributed by atoms with van der Waals surface area (Å²) in [4.78, 5) is 13.4. The number of hydrogen-bond acceptors (Lipinski definition) is 3. The Balaban J connectivity index is 0.000000531. The molecular formula is C11H19N3O. The molecule has 2 saturated heterocycles. The zero-order valence-electron chi connectivity index (χ0n) is 9.49. The molecule has 2 aliphatic heterocycles. The molecule has 4 nitrogen and oxygen atoms in total. The van der Waals surface area contributed by atoms with E-state index in [1.165, 1.54) is 0 Å². The van der Waals surface area contributed by atoms with Gasteiger partial charge in [-0.25, -0.2) is 0 Å². The van der Waals surface area contributed by atoms with Crippen LogP contribution in [-0.2, 0) is 4.79 Å². The van der Waals surface area contributed by atoms with Crippen molar-refractivity contribution in [2.24, 2.45) is 0 Å². The molecule has 2 unspecified atom stereocenters. The maximum Gasteiger partial charge on any atom is 0.240 e. The minimum Gasteiger partial charge on any atom is -0.325 e. The Morgan fingerprint density at radius 2 is 2.13 bits per heavy atom. The second-order valence-corrected chi connectivity index (χ2v) is 3.61. The smallest absolute Gasteiger partial charge is 0.240 e. The van der Waals surface area contributed by atoms with Crippen LogP contribution in [0.4, 0.5) is 0 Å². The Labute approximate surface area is 91.2 Å². The van der Waals surface area contributed by atoms with Crippen LogP contribution < -0.4 is 5.32 Å². The minimum absolute atomic E-state index is 0.00560. The fourth-order valence-electron chi connectivity index (χ4n) is 1.86. The highest BCUT2D eigenvalue weighted by atomic mass is 16.2. The van der Waals surface area contributed by atoms with Crippen molar-refractivity contribution in [3.8, 4) is 6.07 Å². The van der Waals surface area contributed by atoms with Crippen LogP contribution in [0.15, 0.2) is 0 Å². The molecule has 1 N–H and O–H groups in total. The lowest BCUT2D eigenvalue weighted by Crippen LogP contribution is -2.55. The summed E-state index contributed by atoms with van der Waals surface area (Å²) in [6.07, 6.45) is 2.74. The highest BCUT2D eigenvalue weighted by Gasteiger charge is 2.35. The van der Waals surface area contributed by atoms with E-state index in [9.17, 15) is 4.79 Å². The number of rotatable bonds is 1. The minimum atomic E-state index is -0.171. The Kier molecular flexibility index (Phi) is 4.57. The highest BCUT2D eigenvalue weighted by Crippen LogP contribution is 2.19. The van der Waals surface area contributed by atoms with E-state index in [1.54, 1.807) is 4.90 Å². The van der Waals surface area contributed by atoms with Crippen molar-refractivity contribution in [1.82, 2.24) is 10.2 Å². The van der Waals surface area contributed by atoms with Gasteiger partial charge in [0.15, 0.2) is 0 Å². The summed E-state index contributed by atoms with van der Waals surface area (Å²) in [5.41, 5.74) is 0. The van der Waals surface area contributed by atoms with E-state index in [0.717, 1.165) is 32.4 Å². The molecule has 2 atom stereocenters. The van der Waals surface area contributed by atoms with Crippen molar-refractivity contribution < 1.29 is 4.79 Å². The molecular weight excluding hydrogens is 190 g/mol. The molecule has 15 heavy (non-hydrogen) atoms. The number of nitrogens with one attached hydrogen (secondary N) is 1. The average Bonchev–Trinajstić information content (AvgIpc) is 2.65. The SMILES string of the molecule is CC.N#CC1CCCN1C(=O)C1CCN1. The molecule has 0 saturated carbocycles. The van der Waals surface area contributed by atoms with Crippen molar-refractivity contribution >= 4 is 5.91 Å². The molecule has 84 valence electrons. The number of hydrogen-bond donors (Lipinski definition) is 1. The largest absolute Gasteiger partial charge is 0.325 e. The van der Waals surface area contributed by atoms with Crippen LogP contribution in [0.5, 0.6) is 0 Å². The van der Waals surface area contributed by atoms with Crippen molar-refractivity contribution in [2.75, 3.05) is 13.1 Å². The molecule has 2 aliphatic rings. The van der Waals surface area contributed by atoms with Gasteiger partial charge in [-0.1, -0.05) is 13.8 Å². The normalized spacial score (nSPS) is 28.5. The standard InChI is InChI=1S/C9H13N3O.C2H6/c10-6-7-2-1-5-12(7)9(13)8-3-4-11-8;1-2/h7-8,11H,1-5H2;1-2H3. The van der Waals surface area contributed by atoms with E-state index < -0.39 is 0 Å². The van der Waals surface area contributed by atoms with Crippen molar-refractivity contribution in [3.63, 3.8) is 0 Å². The van der Waals surface area contributed by atoms with Gasteiger partial charge in [-0.05, 0) is 25.8 Å². The summed E-state index contributed by atoms with van der Waals surface area (Å²) < 4.78 is 0. The van der Waals surface area contributed by atoms with Gasteiger partial charge in [0, 0.05) is 6.54 Å². The highest BCUT2D eigenvalue weighted by molar-refractivity contribution is 5.83. The van der Waals surface area contributed by atoms with E-state index in [2.05, 4.69) is 11.4 Å². The lowest BCUT2D eigenvalue weighted by atomic mass is 10.1. The van der Waals surface area contributed by atoms with Gasteiger partial charge in [0.25, 0.3) is 0 Å². The molecule has 0 bridgehead atoms. The third kappa shape index (κ3) is 2.48. The first kappa shape index (κ1) is 12.0. The second kappa shape index (κ2) is 5.72. The van der Waals surface area contributed by atoms with Crippen molar-refractivity contribution in [2.45, 2.75) is 45.2 Å². The number of carbonyl (C=O) groups excluding carboxylic acids is 1. The van der Waals surface area contributed by atoms with Gasteiger partial charge in [0.05, 0.1) is 12.1 Å². The van der Waals surface area contributed by atoms with Gasteiger partial charge in [-0.3, -0.25) is 4.79 Å². The molecule has 0 aromatic heterocycles. The third-order valence-corrected chi connectivity index (χ3v) is 2.81. The van der Waals surface area contributed by atoms with E-state index in [4.69, 9.17) is 5.26 Å². The summed E-state index contributed by atoms with van der Waals surface area (Å²) >= 11 is 0. The number of likely N-dealkylation sites (tertiary alicyclic amines) is 1. The fraction of sp³-hybridized carbons (Fsp3) is 0.818. The van der Waals surface area contributed by atoms with Gasteiger partial charge in [-0.2, -0.15) is 5.26 Å². The molecule has 0 radical (unpaired) electrons. The quantitative estimate of drug-likeness (QED) is 0.697. The van der Waals surface area contributed by atoms with E-state index >= 15 is 0 Å². The maximum atomic E-state index is 11.7. The molecule has 2 rings (SSSR count). The van der Waals surface area contributed by atoms with E-state index in [1.807, 2.05) is 13.8 Å². The predicted molar refractivity (Wildman–Crippen MR) is 58.1 cm³/mol. The van der Waals surface area contributed by atoms with Crippen LogP contribution in [0.1, 0.15) is 33.1 Å². The number of nitriles is 1. The number of amides is 1. The zero-order chi connectivity index (χ0) is 11.3. The Hall–Kier alpha value is -1.08. The fourth-order valence-corrected chi connectivity index (χ4v) is 1.86. The summed E-state index contributed by atoms with van der Waals surface area (Å²) in [7, 11) is 0. The molecule has 0 spiro atoms. The molecule has 1 amide bonds. The Bertz CT molecular complexity index is 255. The second-order valence-electron chi connectivity index (χ2n) is 3.61. The first-order valence-electron chi connectivity index (χ1n) is 5.76. The van der Waals surface area contributed by atoms with Gasteiger partial charge in [0.1, 0.15) is 6.04 Å². The van der Waals surface area contributed by atoms with Gasteiger partial charge in [0.2, 0.25) is 5.91 Å². The van der Waals surface area contributed by atoms with Gasteiger partial charge < -0.3 is 10.2 Å². The van der Waals surface area contributed by atoms with Crippen LogP contribution >= 0.6 is 0 Å². The molecule has 0 aromatic carbocycles. The topological polar surface area (TPSA) is 56.1 Å². The molecule has 2 heterocycles. The van der Waals surface area contributed by atoms with Crippen molar-refractivity contribution in [1.29, 1.82) is 5.26 Å². The summed E-state index contributed by atoms with van der Waals surface area (Å²) in [6.45, 7) is 5.69. The predicted octanol–water partition coefficient (Wildman–Crippen LogP) is 0.889. The third-order valence-electron chi connectivity index (χ3n) is 2.81. The van der Waals surface area contributed by atoms with Crippen LogP contribution in [-0.4, -0.2) is 36.0 Å². The maximum absolute atomic E-state index is 11.7. The monoisotopic (exact) mass is 209 g/mol. The molecule has 2 fully saturated rings. The van der Waals surface area contributed by atoms with Crippen LogP contribution in [0, 0.1) is 11.3 Å². The lowest BCUT2D eigenvalue weighted by molar-refractivity contribution is -0.135. The Morgan fingerprint density at radius 1 is 1.47 bits per heavy atom. The first-order valence-corrected chi connectivity index (χ1v) is 5.76. The molecule has 0 aliphatic carbocycles. The zero-order valence-corrected chi connectivity index (χ0v) is 9.49. The van der Waals surface area contributed by atoms with Crippen LogP contribution in [0.25, 0.3) is 0 Å². The summed E-state index contributed by atoms with van der Waals surface area (Å²) in [5, 5.41) is 11.9. The van der Waals surface area contributed by atoms with Crippen molar-refractivity contribution in [3.05, 3.63) is 0 Å². The Morgan fingerprint density at radius 3 is 2.60 bits per heavy atom.